The lowest BCUT2D eigenvalue weighted by Gasteiger charge is -2.10. The second kappa shape index (κ2) is 8.08. The van der Waals surface area contributed by atoms with Crippen molar-refractivity contribution in [2.24, 2.45) is 0 Å². The molecule has 0 saturated carbocycles. The molecule has 0 aliphatic heterocycles. The maximum absolute atomic E-state index is 5.61. The van der Waals surface area contributed by atoms with Gasteiger partial charge in [-0.2, -0.15) is 5.21 Å². The zero-order chi connectivity index (χ0) is 22.1. The van der Waals surface area contributed by atoms with Gasteiger partial charge in [-0.05, 0) is 47.4 Å². The van der Waals surface area contributed by atoms with Crippen molar-refractivity contribution >= 4 is 11.2 Å². The third-order valence-electron chi connectivity index (χ3n) is 5.48. The molecule has 0 fully saturated rings. The molecule has 32 heavy (non-hydrogen) atoms. The molecule has 0 aliphatic carbocycles. The Balaban J connectivity index is 1.51. The van der Waals surface area contributed by atoms with E-state index in [-0.39, 0.29) is 0 Å². The van der Waals surface area contributed by atoms with E-state index >= 15 is 0 Å². The van der Waals surface area contributed by atoms with Crippen LogP contribution in [0.4, 0.5) is 0 Å². The van der Waals surface area contributed by atoms with Crippen molar-refractivity contribution in [1.29, 1.82) is 0 Å². The quantitative estimate of drug-likeness (QED) is 0.433. The van der Waals surface area contributed by atoms with Gasteiger partial charge in [-0.15, -0.1) is 16.6 Å². The zero-order valence-electron chi connectivity index (χ0n) is 17.9. The SMILES string of the molecule is C#CCc1nc2c(C)cc(C)nc2n1Cc1ccc(-c2ccccc2-c2nn[nH]n2)cc1. The van der Waals surface area contributed by atoms with Gasteiger partial charge >= 0.3 is 0 Å². The van der Waals surface area contributed by atoms with Crippen LogP contribution < -0.4 is 0 Å². The fraction of sp³-hybridized carbons (Fsp3) is 0.160. The number of hydrogen-bond donors (Lipinski definition) is 1. The van der Waals surface area contributed by atoms with Gasteiger partial charge in [0.15, 0.2) is 5.65 Å². The number of imidazole rings is 1. The number of rotatable bonds is 5. The highest BCUT2D eigenvalue weighted by atomic mass is 15.5. The number of tetrazole rings is 1. The molecule has 0 atom stereocenters. The van der Waals surface area contributed by atoms with Crippen LogP contribution in [0.2, 0.25) is 0 Å². The summed E-state index contributed by atoms with van der Waals surface area (Å²) in [6.45, 7) is 4.71. The molecule has 5 rings (SSSR count). The minimum absolute atomic E-state index is 0.463. The molecule has 7 heteroatoms. The molecule has 0 aliphatic rings. The molecule has 5 aromatic rings. The summed E-state index contributed by atoms with van der Waals surface area (Å²) in [5, 5.41) is 14.5. The van der Waals surface area contributed by atoms with Crippen LogP contribution in [0, 0.1) is 26.2 Å². The number of H-pyrrole nitrogens is 1. The molecule has 2 aromatic carbocycles. The van der Waals surface area contributed by atoms with Crippen molar-refractivity contribution in [3.63, 3.8) is 0 Å². The van der Waals surface area contributed by atoms with Crippen LogP contribution in [0.15, 0.2) is 54.6 Å². The molecular formula is C25H21N7. The number of aryl methyl sites for hydroxylation is 2. The highest BCUT2D eigenvalue weighted by Gasteiger charge is 2.15. The predicted octanol–water partition coefficient (Wildman–Crippen LogP) is 4.12. The summed E-state index contributed by atoms with van der Waals surface area (Å²) in [7, 11) is 0. The van der Waals surface area contributed by atoms with E-state index in [9.17, 15) is 0 Å². The van der Waals surface area contributed by atoms with E-state index in [1.165, 1.54) is 0 Å². The van der Waals surface area contributed by atoms with Crippen LogP contribution in [0.25, 0.3) is 33.7 Å². The third-order valence-corrected chi connectivity index (χ3v) is 5.48. The lowest BCUT2D eigenvalue weighted by Crippen LogP contribution is -2.06. The van der Waals surface area contributed by atoms with Crippen LogP contribution in [-0.2, 0) is 13.0 Å². The molecule has 0 unspecified atom stereocenters. The highest BCUT2D eigenvalue weighted by Crippen LogP contribution is 2.30. The summed E-state index contributed by atoms with van der Waals surface area (Å²) < 4.78 is 2.12. The zero-order valence-corrected chi connectivity index (χ0v) is 17.9. The maximum atomic E-state index is 5.61. The van der Waals surface area contributed by atoms with Gasteiger partial charge in [0.2, 0.25) is 5.82 Å². The molecule has 7 nitrogen and oxygen atoms in total. The molecule has 0 saturated heterocycles. The first-order chi connectivity index (χ1) is 15.6. The number of aromatic nitrogens is 7. The topological polar surface area (TPSA) is 85.2 Å². The standard InChI is InChI=1S/C25H21N7/c1-4-7-22-27-23-16(2)14-17(3)26-25(23)32(22)15-18-10-12-19(13-11-18)20-8-5-6-9-21(20)24-28-30-31-29-24/h1,5-6,8-14H,7,15H2,2-3H3,(H,28,29,30,31). The minimum Gasteiger partial charge on any atom is -0.307 e. The van der Waals surface area contributed by atoms with E-state index in [4.69, 9.17) is 16.4 Å². The average molecular weight is 419 g/mol. The first kappa shape index (κ1) is 19.6. The van der Waals surface area contributed by atoms with E-state index in [0.29, 0.717) is 18.8 Å². The fourth-order valence-corrected chi connectivity index (χ4v) is 4.02. The van der Waals surface area contributed by atoms with Gasteiger partial charge in [0.05, 0.1) is 13.0 Å². The molecule has 156 valence electrons. The minimum atomic E-state index is 0.463. The summed E-state index contributed by atoms with van der Waals surface area (Å²) in [6, 6.07) is 18.5. The third kappa shape index (κ3) is 3.52. The van der Waals surface area contributed by atoms with Gasteiger partial charge < -0.3 is 4.57 Å². The monoisotopic (exact) mass is 419 g/mol. The van der Waals surface area contributed by atoms with Gasteiger partial charge in [0.1, 0.15) is 11.3 Å². The highest BCUT2D eigenvalue weighted by molar-refractivity contribution is 5.80. The van der Waals surface area contributed by atoms with Crippen LogP contribution in [0.3, 0.4) is 0 Å². The van der Waals surface area contributed by atoms with E-state index in [1.54, 1.807) is 0 Å². The number of terminal acetylenes is 1. The Morgan fingerprint density at radius 2 is 1.78 bits per heavy atom. The van der Waals surface area contributed by atoms with E-state index < -0.39 is 0 Å². The summed E-state index contributed by atoms with van der Waals surface area (Å²) >= 11 is 0. The molecule has 0 spiro atoms. The Hall–Kier alpha value is -4.31. The van der Waals surface area contributed by atoms with E-state index in [2.05, 4.69) is 74.4 Å². The summed E-state index contributed by atoms with van der Waals surface area (Å²) in [4.78, 5) is 9.53. The molecule has 0 amide bonds. The van der Waals surface area contributed by atoms with Crippen molar-refractivity contribution in [1.82, 2.24) is 35.2 Å². The average Bonchev–Trinajstić information content (AvgIpc) is 3.44. The first-order valence-corrected chi connectivity index (χ1v) is 10.3. The van der Waals surface area contributed by atoms with E-state index in [0.717, 1.165) is 50.5 Å². The van der Waals surface area contributed by atoms with Crippen LogP contribution in [0.1, 0.15) is 22.6 Å². The van der Waals surface area contributed by atoms with Crippen molar-refractivity contribution in [3.05, 3.63) is 77.2 Å². The van der Waals surface area contributed by atoms with Gasteiger partial charge in [-0.1, -0.05) is 54.5 Å². The normalized spacial score (nSPS) is 11.0. The predicted molar refractivity (Wildman–Crippen MR) is 124 cm³/mol. The Morgan fingerprint density at radius 3 is 2.50 bits per heavy atom. The molecular weight excluding hydrogens is 398 g/mol. The lowest BCUT2D eigenvalue weighted by atomic mass is 9.98. The number of benzene rings is 2. The Kier molecular flexibility index (Phi) is 4.96. The van der Waals surface area contributed by atoms with E-state index in [1.807, 2.05) is 25.1 Å². The molecule has 1 N–H and O–H groups in total. The van der Waals surface area contributed by atoms with Crippen LogP contribution in [0.5, 0.6) is 0 Å². The van der Waals surface area contributed by atoms with Crippen molar-refractivity contribution in [2.45, 2.75) is 26.8 Å². The number of nitrogens with zero attached hydrogens (tertiary/aromatic N) is 6. The maximum Gasteiger partial charge on any atom is 0.205 e. The summed E-state index contributed by atoms with van der Waals surface area (Å²) in [5.41, 5.74) is 8.07. The van der Waals surface area contributed by atoms with Crippen molar-refractivity contribution in [3.8, 4) is 34.9 Å². The molecule has 3 heterocycles. The summed E-state index contributed by atoms with van der Waals surface area (Å²) in [5.74, 6) is 4.16. The van der Waals surface area contributed by atoms with Gasteiger partial charge in [0, 0.05) is 11.3 Å². The smallest absolute Gasteiger partial charge is 0.205 e. The Bertz CT molecular complexity index is 1440. The summed E-state index contributed by atoms with van der Waals surface area (Å²) in [6.07, 6.45) is 6.07. The number of aromatic amines is 1. The fourth-order valence-electron chi connectivity index (χ4n) is 4.02. The first-order valence-electron chi connectivity index (χ1n) is 10.3. The number of hydrogen-bond acceptors (Lipinski definition) is 5. The largest absolute Gasteiger partial charge is 0.307 e. The van der Waals surface area contributed by atoms with Crippen LogP contribution in [-0.4, -0.2) is 35.2 Å². The van der Waals surface area contributed by atoms with Gasteiger partial charge in [-0.3, -0.25) is 0 Å². The second-order valence-corrected chi connectivity index (χ2v) is 7.73. The number of fused-ring (bicyclic) bond motifs is 1. The molecule has 0 bridgehead atoms. The van der Waals surface area contributed by atoms with Crippen LogP contribution >= 0.6 is 0 Å². The second-order valence-electron chi connectivity index (χ2n) is 7.73. The Morgan fingerprint density at radius 1 is 1.00 bits per heavy atom. The number of pyridine rings is 1. The lowest BCUT2D eigenvalue weighted by molar-refractivity contribution is 0.762. The van der Waals surface area contributed by atoms with Gasteiger partial charge in [-0.25, -0.2) is 9.97 Å². The molecule has 0 radical (unpaired) electrons. The Labute approximate surface area is 185 Å². The number of nitrogens with one attached hydrogen (secondary N) is 1. The van der Waals surface area contributed by atoms with Gasteiger partial charge in [0.25, 0.3) is 0 Å². The molecule has 3 aromatic heterocycles. The van der Waals surface area contributed by atoms with Crippen molar-refractivity contribution < 1.29 is 0 Å². The van der Waals surface area contributed by atoms with Crippen molar-refractivity contribution in [2.75, 3.05) is 0 Å².